The van der Waals surface area contributed by atoms with Crippen molar-refractivity contribution in [1.82, 2.24) is 25.0 Å². The van der Waals surface area contributed by atoms with Gasteiger partial charge in [-0.05, 0) is 51.8 Å². The maximum absolute atomic E-state index is 14.7. The third-order valence-electron chi connectivity index (χ3n) is 8.30. The maximum Gasteiger partial charge on any atom is 0.338 e. The van der Waals surface area contributed by atoms with E-state index in [1.165, 1.54) is 17.4 Å². The van der Waals surface area contributed by atoms with Crippen LogP contribution in [-0.2, 0) is 14.3 Å². The van der Waals surface area contributed by atoms with E-state index in [0.29, 0.717) is 66.0 Å². The lowest BCUT2D eigenvalue weighted by Gasteiger charge is -2.44. The van der Waals surface area contributed by atoms with E-state index in [0.717, 1.165) is 0 Å². The standard InChI is InChI=1S/C30H37FN6O5S/c1-6-42-26(38)22-21(33-24(25-32-10-13-43-25)34-23(22)19-8-7-9-20(31)18(19)2)14-35-11-12-37-28(41)36(17-30(37,5)16-35)15-29(3,4)27(39)40/h7-10,13,23H,6,11-12,14-17H2,1-5H3,(H,33,34)(H,39,40)/t23-,30?/m0/s1. The highest BCUT2D eigenvalue weighted by Crippen LogP contribution is 2.37. The number of amides is 2. The number of nitrogens with zero attached hydrogens (tertiary/aromatic N) is 5. The molecular formula is C30H37FN6O5S. The first-order valence-electron chi connectivity index (χ1n) is 14.3. The summed E-state index contributed by atoms with van der Waals surface area (Å²) in [6, 6.07) is 3.77. The second-order valence-corrected chi connectivity index (χ2v) is 13.0. The molecule has 43 heavy (non-hydrogen) atoms. The molecule has 1 aromatic carbocycles. The fraction of sp³-hybridized carbons (Fsp3) is 0.500. The average Bonchev–Trinajstić information content (AvgIpc) is 3.56. The number of thiazole rings is 1. The van der Waals surface area contributed by atoms with Crippen LogP contribution in [-0.4, -0.2) is 100 Å². The summed E-state index contributed by atoms with van der Waals surface area (Å²) in [4.78, 5) is 53.4. The molecule has 0 bridgehead atoms. The van der Waals surface area contributed by atoms with Gasteiger partial charge in [-0.1, -0.05) is 12.1 Å². The predicted octanol–water partition coefficient (Wildman–Crippen LogP) is 3.42. The first kappa shape index (κ1) is 30.6. The first-order chi connectivity index (χ1) is 20.3. The van der Waals surface area contributed by atoms with Gasteiger partial charge >= 0.3 is 18.0 Å². The number of carboxylic acid groups (broad SMARTS) is 1. The maximum atomic E-state index is 14.7. The minimum atomic E-state index is -1.08. The number of carbonyl (C=O) groups is 3. The minimum Gasteiger partial charge on any atom is -0.481 e. The van der Waals surface area contributed by atoms with Crippen molar-refractivity contribution in [3.63, 3.8) is 0 Å². The lowest BCUT2D eigenvalue weighted by atomic mass is 9.91. The van der Waals surface area contributed by atoms with Gasteiger partial charge in [-0.15, -0.1) is 11.3 Å². The van der Waals surface area contributed by atoms with Crippen LogP contribution in [0.5, 0.6) is 0 Å². The predicted molar refractivity (Wildman–Crippen MR) is 159 cm³/mol. The second kappa shape index (κ2) is 11.7. The number of piperazine rings is 1. The number of hydrogen-bond acceptors (Lipinski definition) is 9. The summed E-state index contributed by atoms with van der Waals surface area (Å²) in [7, 11) is 0. The minimum absolute atomic E-state index is 0.106. The van der Waals surface area contributed by atoms with Crippen LogP contribution in [0.1, 0.15) is 49.9 Å². The second-order valence-electron chi connectivity index (χ2n) is 12.1. The van der Waals surface area contributed by atoms with Gasteiger partial charge in [0, 0.05) is 56.5 Å². The van der Waals surface area contributed by atoms with Crippen LogP contribution in [0.4, 0.5) is 9.18 Å². The number of nitrogens with one attached hydrogen (secondary N) is 1. The van der Waals surface area contributed by atoms with E-state index in [1.807, 2.05) is 17.2 Å². The van der Waals surface area contributed by atoms with E-state index < -0.39 is 34.8 Å². The van der Waals surface area contributed by atoms with Crippen molar-refractivity contribution in [2.75, 3.05) is 45.9 Å². The lowest BCUT2D eigenvalue weighted by Crippen LogP contribution is -2.60. The molecule has 1 unspecified atom stereocenters. The molecule has 2 amide bonds. The van der Waals surface area contributed by atoms with Gasteiger partial charge in [0.25, 0.3) is 0 Å². The molecule has 2 atom stereocenters. The quantitative estimate of drug-likeness (QED) is 0.413. The highest BCUT2D eigenvalue weighted by Gasteiger charge is 2.51. The van der Waals surface area contributed by atoms with E-state index in [2.05, 4.69) is 15.2 Å². The Morgan fingerprint density at radius 2 is 2.05 bits per heavy atom. The molecule has 2 N–H and O–H groups in total. The van der Waals surface area contributed by atoms with E-state index in [1.54, 1.807) is 50.9 Å². The Morgan fingerprint density at radius 3 is 2.72 bits per heavy atom. The number of aliphatic carboxylic acids is 1. The normalized spacial score (nSPS) is 22.8. The van der Waals surface area contributed by atoms with Crippen LogP contribution in [0.25, 0.3) is 0 Å². The summed E-state index contributed by atoms with van der Waals surface area (Å²) in [5.74, 6) is -1.41. The van der Waals surface area contributed by atoms with E-state index in [-0.39, 0.29) is 19.2 Å². The zero-order valence-electron chi connectivity index (χ0n) is 25.0. The Balaban J connectivity index is 1.48. The van der Waals surface area contributed by atoms with Crippen molar-refractivity contribution >= 4 is 35.1 Å². The number of urea groups is 1. The van der Waals surface area contributed by atoms with Crippen LogP contribution < -0.4 is 5.32 Å². The Hall–Kier alpha value is -3.84. The van der Waals surface area contributed by atoms with E-state index in [9.17, 15) is 23.9 Å². The summed E-state index contributed by atoms with van der Waals surface area (Å²) < 4.78 is 20.2. The lowest BCUT2D eigenvalue weighted by molar-refractivity contribution is -0.147. The van der Waals surface area contributed by atoms with Crippen molar-refractivity contribution in [3.8, 4) is 0 Å². The molecule has 3 aliphatic heterocycles. The zero-order valence-corrected chi connectivity index (χ0v) is 25.8. The number of ether oxygens (including phenoxy) is 1. The number of aromatic nitrogens is 1. The molecule has 2 fully saturated rings. The summed E-state index contributed by atoms with van der Waals surface area (Å²) >= 11 is 1.40. The van der Waals surface area contributed by atoms with Crippen LogP contribution in [0.2, 0.25) is 0 Å². The highest BCUT2D eigenvalue weighted by molar-refractivity contribution is 7.11. The molecule has 0 spiro atoms. The molecule has 0 saturated carbocycles. The molecule has 230 valence electrons. The number of carboxylic acids is 1. The van der Waals surface area contributed by atoms with Crippen molar-refractivity contribution in [2.24, 2.45) is 10.4 Å². The molecule has 0 radical (unpaired) electrons. The molecule has 2 saturated heterocycles. The fourth-order valence-corrected chi connectivity index (χ4v) is 6.65. The topological polar surface area (TPSA) is 128 Å². The number of hydrogen-bond donors (Lipinski definition) is 2. The molecule has 0 aliphatic carbocycles. The first-order valence-corrected chi connectivity index (χ1v) is 15.1. The molecule has 11 nitrogen and oxygen atoms in total. The van der Waals surface area contributed by atoms with Gasteiger partial charge in [0.1, 0.15) is 11.9 Å². The number of benzene rings is 1. The molecular weight excluding hydrogens is 575 g/mol. The van der Waals surface area contributed by atoms with Crippen LogP contribution in [0.15, 0.2) is 46.0 Å². The Bertz CT molecular complexity index is 1490. The molecule has 3 aliphatic rings. The van der Waals surface area contributed by atoms with E-state index >= 15 is 0 Å². The van der Waals surface area contributed by atoms with Crippen LogP contribution in [0.3, 0.4) is 0 Å². The molecule has 13 heteroatoms. The van der Waals surface area contributed by atoms with Crippen molar-refractivity contribution in [3.05, 3.63) is 63.0 Å². The van der Waals surface area contributed by atoms with Gasteiger partial charge in [0.15, 0.2) is 10.8 Å². The molecule has 5 rings (SSSR count). The zero-order chi connectivity index (χ0) is 31.1. The van der Waals surface area contributed by atoms with Crippen molar-refractivity contribution in [1.29, 1.82) is 0 Å². The summed E-state index contributed by atoms with van der Waals surface area (Å²) in [5.41, 5.74) is 0.196. The SMILES string of the molecule is CCOC(=O)C1=C(CN2CCN3C(=O)N(CC(C)(C)C(=O)O)CC3(C)C2)NC(c2nccs2)=N[C@H]1c1cccc(F)c1C. The monoisotopic (exact) mass is 612 g/mol. The van der Waals surface area contributed by atoms with Gasteiger partial charge in [0.2, 0.25) is 0 Å². The number of halogens is 1. The summed E-state index contributed by atoms with van der Waals surface area (Å²) in [6.07, 6.45) is 1.67. The van der Waals surface area contributed by atoms with Crippen LogP contribution in [0, 0.1) is 18.2 Å². The number of esters is 1. The Labute approximate surface area is 254 Å². The van der Waals surface area contributed by atoms with Gasteiger partial charge in [-0.25, -0.2) is 19.0 Å². The van der Waals surface area contributed by atoms with Crippen LogP contribution >= 0.6 is 11.3 Å². The molecule has 2 aromatic rings. The number of carbonyl (C=O) groups excluding carboxylic acids is 2. The third kappa shape index (κ3) is 5.87. The smallest absolute Gasteiger partial charge is 0.338 e. The summed E-state index contributed by atoms with van der Waals surface area (Å²) in [6.45, 7) is 11.1. The number of amidine groups is 1. The average molecular weight is 613 g/mol. The highest BCUT2D eigenvalue weighted by atomic mass is 32.1. The summed E-state index contributed by atoms with van der Waals surface area (Å²) in [5, 5.41) is 15.4. The fourth-order valence-electron chi connectivity index (χ4n) is 6.06. The van der Waals surface area contributed by atoms with Gasteiger partial charge in [-0.2, -0.15) is 0 Å². The molecule has 4 heterocycles. The Morgan fingerprint density at radius 1 is 1.28 bits per heavy atom. The Kier molecular flexibility index (Phi) is 8.32. The van der Waals surface area contributed by atoms with E-state index in [4.69, 9.17) is 9.73 Å². The number of rotatable bonds is 9. The number of fused-ring (bicyclic) bond motifs is 1. The van der Waals surface area contributed by atoms with Crippen molar-refractivity contribution < 1.29 is 28.6 Å². The third-order valence-corrected chi connectivity index (χ3v) is 9.08. The largest absolute Gasteiger partial charge is 0.481 e. The molecule has 1 aromatic heterocycles. The van der Waals surface area contributed by atoms with Gasteiger partial charge < -0.3 is 25.0 Å². The number of aliphatic imine (C=N–C) groups is 1. The van der Waals surface area contributed by atoms with Gasteiger partial charge in [0.05, 0.1) is 23.1 Å². The van der Waals surface area contributed by atoms with Gasteiger partial charge in [-0.3, -0.25) is 14.7 Å². The van der Waals surface area contributed by atoms with Crippen molar-refractivity contribution in [2.45, 2.75) is 46.2 Å².